The van der Waals surface area contributed by atoms with Crippen molar-refractivity contribution < 1.29 is 41.4 Å². The molecule has 0 aliphatic carbocycles. The van der Waals surface area contributed by atoms with Crippen molar-refractivity contribution in [3.8, 4) is 17.2 Å². The van der Waals surface area contributed by atoms with Crippen LogP contribution in [0.5, 0.6) is 17.2 Å². The highest BCUT2D eigenvalue weighted by Gasteiger charge is 2.40. The third-order valence-corrected chi connectivity index (χ3v) is 4.89. The first-order valence-corrected chi connectivity index (χ1v) is 10.7. The van der Waals surface area contributed by atoms with Crippen LogP contribution in [0.2, 0.25) is 0 Å². The van der Waals surface area contributed by atoms with E-state index in [1.165, 1.54) is 41.3 Å². The zero-order valence-electron chi connectivity index (χ0n) is 19.1. The van der Waals surface area contributed by atoms with Crippen molar-refractivity contribution in [2.75, 3.05) is 19.7 Å². The maximum absolute atomic E-state index is 13.8. The molecule has 3 rings (SSSR count). The molecule has 0 saturated carbocycles. The number of amides is 1. The second kappa shape index (κ2) is 10.5. The lowest BCUT2D eigenvalue weighted by atomic mass is 10.2. The van der Waals surface area contributed by atoms with Crippen LogP contribution in [0.1, 0.15) is 36.9 Å². The van der Waals surface area contributed by atoms with Crippen LogP contribution in [0.15, 0.2) is 51.7 Å². The number of fused-ring (bicyclic) bond motifs is 1. The lowest BCUT2D eigenvalue weighted by molar-refractivity contribution is -0.154. The number of benzene rings is 2. The number of nitrogens with zero attached hydrogens (tertiary/aromatic N) is 1. The molecule has 0 unspecified atom stereocenters. The van der Waals surface area contributed by atoms with Gasteiger partial charge in [0.1, 0.15) is 17.1 Å². The van der Waals surface area contributed by atoms with Gasteiger partial charge in [0.05, 0.1) is 17.6 Å². The Morgan fingerprint density at radius 3 is 2.17 bits per heavy atom. The summed E-state index contributed by atoms with van der Waals surface area (Å²) in [4.78, 5) is 38.2. The molecule has 0 aliphatic rings. The molecule has 0 saturated heterocycles. The van der Waals surface area contributed by atoms with Crippen molar-refractivity contribution >= 4 is 23.0 Å². The number of rotatable bonds is 7. The predicted molar refractivity (Wildman–Crippen MR) is 119 cm³/mol. The maximum Gasteiger partial charge on any atom is 0.453 e. The normalized spacial score (nSPS) is 11.3. The van der Waals surface area contributed by atoms with Gasteiger partial charge in [0.25, 0.3) is 5.76 Å². The molecule has 0 spiro atoms. The first-order chi connectivity index (χ1) is 16.6. The summed E-state index contributed by atoms with van der Waals surface area (Å²) in [5, 5.41) is -0.209. The average Bonchev–Trinajstić information content (AvgIpc) is 2.81. The lowest BCUT2D eigenvalue weighted by Crippen LogP contribution is -2.33. The molecule has 1 heterocycles. The van der Waals surface area contributed by atoms with E-state index < -0.39 is 40.8 Å². The topological polar surface area (TPSA) is 95.3 Å². The molecule has 0 N–H and O–H groups in total. The second-order valence-electron chi connectivity index (χ2n) is 7.13. The molecule has 1 amide bonds. The summed E-state index contributed by atoms with van der Waals surface area (Å²) in [5.74, 6) is -3.55. The molecule has 0 fully saturated rings. The van der Waals surface area contributed by atoms with Gasteiger partial charge in [-0.3, -0.25) is 4.79 Å². The first kappa shape index (κ1) is 25.6. The van der Waals surface area contributed by atoms with Crippen LogP contribution in [0.3, 0.4) is 0 Å². The summed E-state index contributed by atoms with van der Waals surface area (Å²) in [6.07, 6.45) is -5.76. The monoisotopic (exact) mass is 493 g/mol. The Morgan fingerprint density at radius 2 is 1.60 bits per heavy atom. The SMILES string of the molecule is CCOC(=O)c1ccc(Oc2c(C(F)(F)F)oc3cc(OC(=O)N(CC)CC)ccc3c2=O)cc1. The highest BCUT2D eigenvalue weighted by Crippen LogP contribution is 2.38. The number of carbonyl (C=O) groups is 2. The van der Waals surface area contributed by atoms with Crippen molar-refractivity contribution in [3.05, 3.63) is 64.0 Å². The Kier molecular flexibility index (Phi) is 7.68. The number of esters is 1. The fourth-order valence-corrected chi connectivity index (χ4v) is 3.14. The summed E-state index contributed by atoms with van der Waals surface area (Å²) < 4.78 is 61.6. The van der Waals surface area contributed by atoms with Gasteiger partial charge in [-0.25, -0.2) is 9.59 Å². The maximum atomic E-state index is 13.8. The van der Waals surface area contributed by atoms with Crippen LogP contribution in [0.4, 0.5) is 18.0 Å². The number of hydrogen-bond donors (Lipinski definition) is 0. The molecule has 0 atom stereocenters. The standard InChI is InChI=1S/C24H22F3NO7/c1-4-28(5-2)23(31)34-16-11-12-17-18(13-16)35-21(24(25,26)27)20(19(17)29)33-15-9-7-14(8-10-15)22(30)32-6-3/h7-13H,4-6H2,1-3H3. The Bertz CT molecular complexity index is 1280. The van der Waals surface area contributed by atoms with E-state index in [4.69, 9.17) is 18.6 Å². The van der Waals surface area contributed by atoms with Gasteiger partial charge in [-0.2, -0.15) is 13.2 Å². The molecular weight excluding hydrogens is 471 g/mol. The van der Waals surface area contributed by atoms with Crippen LogP contribution < -0.4 is 14.9 Å². The molecule has 35 heavy (non-hydrogen) atoms. The summed E-state index contributed by atoms with van der Waals surface area (Å²) >= 11 is 0. The van der Waals surface area contributed by atoms with Crippen molar-refractivity contribution in [3.63, 3.8) is 0 Å². The molecule has 0 radical (unpaired) electrons. The molecule has 0 aliphatic heterocycles. The summed E-state index contributed by atoms with van der Waals surface area (Å²) in [6, 6.07) is 8.52. The summed E-state index contributed by atoms with van der Waals surface area (Å²) in [7, 11) is 0. The smallest absolute Gasteiger partial charge is 0.453 e. The Balaban J connectivity index is 2.00. The second-order valence-corrected chi connectivity index (χ2v) is 7.13. The van der Waals surface area contributed by atoms with Gasteiger partial charge in [-0.1, -0.05) is 0 Å². The van der Waals surface area contributed by atoms with Gasteiger partial charge >= 0.3 is 18.2 Å². The minimum atomic E-state index is -5.07. The third-order valence-electron chi connectivity index (χ3n) is 4.89. The average molecular weight is 493 g/mol. The fourth-order valence-electron chi connectivity index (χ4n) is 3.14. The summed E-state index contributed by atoms with van der Waals surface area (Å²) in [6.45, 7) is 6.01. The minimum Gasteiger partial charge on any atom is -0.462 e. The van der Waals surface area contributed by atoms with Gasteiger partial charge in [-0.05, 0) is 57.2 Å². The van der Waals surface area contributed by atoms with E-state index in [2.05, 4.69) is 0 Å². The highest BCUT2D eigenvalue weighted by atomic mass is 19.4. The largest absolute Gasteiger partial charge is 0.462 e. The molecular formula is C24H22F3NO7. The van der Waals surface area contributed by atoms with E-state index >= 15 is 0 Å². The van der Waals surface area contributed by atoms with E-state index in [1.807, 2.05) is 0 Å². The summed E-state index contributed by atoms with van der Waals surface area (Å²) in [5.41, 5.74) is -1.35. The Hall–Kier alpha value is -4.02. The predicted octanol–water partition coefficient (Wildman–Crippen LogP) is 5.62. The molecule has 186 valence electrons. The van der Waals surface area contributed by atoms with E-state index in [-0.39, 0.29) is 29.1 Å². The molecule has 11 heteroatoms. The van der Waals surface area contributed by atoms with E-state index in [9.17, 15) is 27.6 Å². The van der Waals surface area contributed by atoms with Crippen LogP contribution in [-0.4, -0.2) is 36.7 Å². The van der Waals surface area contributed by atoms with Gasteiger partial charge in [0, 0.05) is 19.2 Å². The molecule has 0 bridgehead atoms. The van der Waals surface area contributed by atoms with Gasteiger partial charge in [-0.15, -0.1) is 0 Å². The molecule has 3 aromatic rings. The minimum absolute atomic E-state index is 0.0890. The van der Waals surface area contributed by atoms with Crippen LogP contribution in [-0.2, 0) is 10.9 Å². The molecule has 8 nitrogen and oxygen atoms in total. The zero-order chi connectivity index (χ0) is 25.8. The number of halogens is 3. The van der Waals surface area contributed by atoms with Crippen molar-refractivity contribution in [2.24, 2.45) is 0 Å². The quantitative estimate of drug-likeness (QED) is 0.394. The van der Waals surface area contributed by atoms with Crippen LogP contribution in [0, 0.1) is 0 Å². The van der Waals surface area contributed by atoms with Gasteiger partial charge in [0.2, 0.25) is 11.2 Å². The molecule has 1 aromatic heterocycles. The van der Waals surface area contributed by atoms with E-state index in [0.29, 0.717) is 13.1 Å². The van der Waals surface area contributed by atoms with Gasteiger partial charge in [0.15, 0.2) is 0 Å². The first-order valence-electron chi connectivity index (χ1n) is 10.7. The van der Waals surface area contributed by atoms with Crippen molar-refractivity contribution in [1.82, 2.24) is 4.90 Å². The highest BCUT2D eigenvalue weighted by molar-refractivity contribution is 5.89. The van der Waals surface area contributed by atoms with Crippen molar-refractivity contribution in [1.29, 1.82) is 0 Å². The van der Waals surface area contributed by atoms with E-state index in [0.717, 1.165) is 6.07 Å². The number of ether oxygens (including phenoxy) is 3. The lowest BCUT2D eigenvalue weighted by Gasteiger charge is -2.18. The number of carbonyl (C=O) groups excluding carboxylic acids is 2. The Morgan fingerprint density at radius 1 is 0.971 bits per heavy atom. The Labute approximate surface area is 197 Å². The molecule has 2 aromatic carbocycles. The van der Waals surface area contributed by atoms with Gasteiger partial charge < -0.3 is 23.5 Å². The zero-order valence-corrected chi connectivity index (χ0v) is 19.1. The van der Waals surface area contributed by atoms with Crippen LogP contribution in [0.25, 0.3) is 11.0 Å². The van der Waals surface area contributed by atoms with Crippen molar-refractivity contribution in [2.45, 2.75) is 26.9 Å². The van der Waals surface area contributed by atoms with Crippen LogP contribution >= 0.6 is 0 Å². The third kappa shape index (κ3) is 5.73. The number of hydrogen-bond acceptors (Lipinski definition) is 7. The number of alkyl halides is 3. The fraction of sp³-hybridized carbons (Fsp3) is 0.292. The van der Waals surface area contributed by atoms with E-state index in [1.54, 1.807) is 20.8 Å².